The average Bonchev–Trinajstić information content (AvgIpc) is 3.09. The molecule has 4 atom stereocenters. The van der Waals surface area contributed by atoms with E-state index >= 15 is 0 Å². The Kier molecular flexibility index (Phi) is 3.74. The lowest BCUT2D eigenvalue weighted by molar-refractivity contribution is -0.120. The highest BCUT2D eigenvalue weighted by Crippen LogP contribution is 2.40. The van der Waals surface area contributed by atoms with Crippen molar-refractivity contribution in [3.8, 4) is 0 Å². The quantitative estimate of drug-likeness (QED) is 0.393. The largest absolute Gasteiger partial charge is 0.393 e. The molecular weight excluding hydrogens is 311 g/mol. The molecule has 3 heterocycles. The van der Waals surface area contributed by atoms with Crippen molar-refractivity contribution in [2.75, 3.05) is 18.9 Å². The number of aliphatic hydroxyl groups excluding tert-OH is 2. The minimum absolute atomic E-state index is 0.116. The van der Waals surface area contributed by atoms with Crippen molar-refractivity contribution in [1.82, 2.24) is 19.5 Å². The van der Waals surface area contributed by atoms with Gasteiger partial charge in [-0.15, -0.1) is 0 Å². The molecule has 0 saturated carbocycles. The summed E-state index contributed by atoms with van der Waals surface area (Å²) in [5, 5.41) is 22.9. The van der Waals surface area contributed by atoms with Crippen LogP contribution in [0.4, 0.5) is 10.2 Å². The number of imidazole rings is 1. The van der Waals surface area contributed by atoms with E-state index in [1.54, 1.807) is 0 Å². The summed E-state index contributed by atoms with van der Waals surface area (Å²) in [5.74, 6) is 0.116. The Morgan fingerprint density at radius 3 is 3.00 bits per heavy atom. The maximum atomic E-state index is 14.5. The molecule has 12 heteroatoms. The predicted octanol–water partition coefficient (Wildman–Crippen LogP) is -0.322. The molecule has 0 unspecified atom stereocenters. The third-order valence-electron chi connectivity index (χ3n) is 3.80. The van der Waals surface area contributed by atoms with Gasteiger partial charge in [0, 0.05) is 4.91 Å². The van der Waals surface area contributed by atoms with Crippen molar-refractivity contribution in [3.05, 3.63) is 23.1 Å². The first kappa shape index (κ1) is 15.4. The van der Waals surface area contributed by atoms with Crippen LogP contribution in [0.1, 0.15) is 6.23 Å². The first-order valence-electron chi connectivity index (χ1n) is 6.59. The van der Waals surface area contributed by atoms with Gasteiger partial charge in [-0.05, 0) is 5.53 Å². The number of aliphatic hydroxyl groups is 2. The highest BCUT2D eigenvalue weighted by Gasteiger charge is 2.55. The number of hydrogen-bond acceptors (Lipinski definition) is 8. The number of fused-ring (bicyclic) bond motifs is 1. The Morgan fingerprint density at radius 1 is 1.52 bits per heavy atom. The summed E-state index contributed by atoms with van der Waals surface area (Å²) in [7, 11) is 0. The summed E-state index contributed by atoms with van der Waals surface area (Å²) >= 11 is 0. The van der Waals surface area contributed by atoms with Gasteiger partial charge in [-0.25, -0.2) is 19.3 Å². The first-order valence-corrected chi connectivity index (χ1v) is 6.59. The lowest BCUT2D eigenvalue weighted by Crippen LogP contribution is -2.48. The predicted molar refractivity (Wildman–Crippen MR) is 74.6 cm³/mol. The molecule has 23 heavy (non-hydrogen) atoms. The zero-order valence-corrected chi connectivity index (χ0v) is 11.7. The molecule has 0 bridgehead atoms. The number of nitrogens with two attached hydrogens (primary N) is 1. The summed E-state index contributed by atoms with van der Waals surface area (Å²) in [4.78, 5) is 14.3. The smallest absolute Gasteiger partial charge is 0.174 e. The molecule has 0 aliphatic carbocycles. The van der Waals surface area contributed by atoms with E-state index in [4.69, 9.17) is 16.0 Å². The minimum Gasteiger partial charge on any atom is -0.393 e. The third-order valence-corrected chi connectivity index (χ3v) is 3.80. The molecule has 1 aliphatic rings. The fraction of sp³-hybridized carbons (Fsp3) is 0.545. The van der Waals surface area contributed by atoms with Gasteiger partial charge in [0.2, 0.25) is 0 Å². The average molecular weight is 324 g/mol. The van der Waals surface area contributed by atoms with Gasteiger partial charge >= 0.3 is 0 Å². The maximum Gasteiger partial charge on any atom is 0.174 e. The van der Waals surface area contributed by atoms with Gasteiger partial charge in [0.25, 0.3) is 0 Å². The molecule has 4 N–H and O–H groups in total. The number of halogens is 1. The van der Waals surface area contributed by atoms with Crippen molar-refractivity contribution < 1.29 is 19.3 Å². The van der Waals surface area contributed by atoms with Crippen LogP contribution < -0.4 is 5.73 Å². The Hall–Kier alpha value is -2.53. The highest BCUT2D eigenvalue weighted by molar-refractivity contribution is 5.81. The van der Waals surface area contributed by atoms with Gasteiger partial charge in [0.05, 0.1) is 19.5 Å². The van der Waals surface area contributed by atoms with E-state index in [0.29, 0.717) is 0 Å². The third kappa shape index (κ3) is 2.24. The van der Waals surface area contributed by atoms with Crippen LogP contribution >= 0.6 is 0 Å². The molecule has 3 rings (SSSR count). The molecule has 0 radical (unpaired) electrons. The molecule has 11 nitrogen and oxygen atoms in total. The van der Waals surface area contributed by atoms with Crippen molar-refractivity contribution in [2.24, 2.45) is 5.11 Å². The van der Waals surface area contributed by atoms with E-state index < -0.39 is 37.3 Å². The number of nitrogens with zero attached hydrogens (tertiary/aromatic N) is 7. The Morgan fingerprint density at radius 2 is 2.30 bits per heavy atom. The van der Waals surface area contributed by atoms with Crippen LogP contribution in [-0.2, 0) is 4.74 Å². The number of azide groups is 1. The van der Waals surface area contributed by atoms with E-state index in [1.165, 1.54) is 17.2 Å². The van der Waals surface area contributed by atoms with Gasteiger partial charge < -0.3 is 20.7 Å². The Balaban J connectivity index is 2.03. The molecular formula is C11H13FN8O3. The second-order valence-corrected chi connectivity index (χ2v) is 5.09. The molecule has 2 aromatic heterocycles. The number of nitrogen functional groups attached to an aromatic ring is 1. The van der Waals surface area contributed by atoms with E-state index in [1.807, 2.05) is 0 Å². The maximum absolute atomic E-state index is 14.5. The van der Waals surface area contributed by atoms with Crippen LogP contribution in [0.15, 0.2) is 17.8 Å². The Bertz CT molecular complexity index is 778. The molecule has 0 aromatic carbocycles. The Labute approximate surface area is 128 Å². The zero-order chi connectivity index (χ0) is 16.6. The van der Waals surface area contributed by atoms with Crippen LogP contribution in [0.5, 0.6) is 0 Å². The van der Waals surface area contributed by atoms with E-state index in [-0.39, 0.29) is 17.0 Å². The van der Waals surface area contributed by atoms with E-state index in [2.05, 4.69) is 25.0 Å². The van der Waals surface area contributed by atoms with Crippen LogP contribution in [0.2, 0.25) is 0 Å². The van der Waals surface area contributed by atoms with Crippen molar-refractivity contribution in [2.45, 2.75) is 24.1 Å². The van der Waals surface area contributed by atoms with Gasteiger partial charge in [-0.2, -0.15) is 0 Å². The van der Waals surface area contributed by atoms with Crippen molar-refractivity contribution >= 4 is 17.0 Å². The molecule has 122 valence electrons. The highest BCUT2D eigenvalue weighted by atomic mass is 19.1. The van der Waals surface area contributed by atoms with Gasteiger partial charge in [0.15, 0.2) is 23.9 Å². The fourth-order valence-corrected chi connectivity index (χ4v) is 2.55. The molecule has 2 aromatic rings. The van der Waals surface area contributed by atoms with Crippen LogP contribution in [-0.4, -0.2) is 60.8 Å². The number of aromatic nitrogens is 4. The summed E-state index contributed by atoms with van der Waals surface area (Å²) in [6, 6.07) is 0. The second-order valence-electron chi connectivity index (χ2n) is 5.09. The van der Waals surface area contributed by atoms with Gasteiger partial charge in [0.1, 0.15) is 23.5 Å². The standard InChI is InChI=1S/C11H13FN8O3/c12-5-7(22)11(2-21,1-18-19-14)23-10(5)20-4-17-6-8(13)15-3-16-9(6)20/h3-5,7,10,21-22H,1-2H2,(H2,13,15,16)/t5-,7+,10-,11-/m1/s1. The van der Waals surface area contributed by atoms with Crippen LogP contribution in [0, 0.1) is 0 Å². The van der Waals surface area contributed by atoms with Gasteiger partial charge in [-0.1, -0.05) is 5.11 Å². The normalized spacial score (nSPS) is 30.5. The second kappa shape index (κ2) is 5.59. The number of ether oxygens (including phenoxy) is 1. The number of anilines is 1. The number of rotatable bonds is 4. The monoisotopic (exact) mass is 324 g/mol. The van der Waals surface area contributed by atoms with E-state index in [0.717, 1.165) is 0 Å². The summed E-state index contributed by atoms with van der Waals surface area (Å²) in [5.41, 5.74) is 12.8. The lowest BCUT2D eigenvalue weighted by atomic mass is 9.97. The first-order chi connectivity index (χ1) is 11.0. The molecule has 0 amide bonds. The van der Waals surface area contributed by atoms with Gasteiger partial charge in [-0.3, -0.25) is 4.57 Å². The minimum atomic E-state index is -1.90. The van der Waals surface area contributed by atoms with Crippen LogP contribution in [0.25, 0.3) is 21.6 Å². The van der Waals surface area contributed by atoms with E-state index in [9.17, 15) is 14.6 Å². The summed E-state index contributed by atoms with van der Waals surface area (Å²) in [6.07, 6.45) is -2.47. The number of alkyl halides is 1. The topological polar surface area (TPSA) is 168 Å². The molecule has 1 aliphatic heterocycles. The summed E-state index contributed by atoms with van der Waals surface area (Å²) < 4.78 is 21.3. The zero-order valence-electron chi connectivity index (χ0n) is 11.7. The number of hydrogen-bond donors (Lipinski definition) is 3. The molecule has 0 spiro atoms. The summed E-state index contributed by atoms with van der Waals surface area (Å²) in [6.45, 7) is -1.16. The lowest BCUT2D eigenvalue weighted by Gasteiger charge is -2.27. The van der Waals surface area contributed by atoms with Crippen LogP contribution in [0.3, 0.4) is 0 Å². The SMILES string of the molecule is [N-]=[N+]=NC[C@]1(CO)O[C@@H](n2cnc3c(N)ncnc32)[C@H](F)[C@@H]1O. The van der Waals surface area contributed by atoms with Crippen molar-refractivity contribution in [1.29, 1.82) is 0 Å². The fourth-order valence-electron chi connectivity index (χ4n) is 2.55. The molecule has 1 saturated heterocycles. The molecule has 1 fully saturated rings. The van der Waals surface area contributed by atoms with Crippen molar-refractivity contribution in [3.63, 3.8) is 0 Å².